The van der Waals surface area contributed by atoms with Gasteiger partial charge in [-0.15, -0.1) is 11.3 Å². The quantitative estimate of drug-likeness (QED) is 0.438. The molecule has 3 heterocycles. The molecule has 0 radical (unpaired) electrons. The van der Waals surface area contributed by atoms with Gasteiger partial charge in [0.25, 0.3) is 10.0 Å². The molecule has 1 N–H and O–H groups in total. The molecule has 8 nitrogen and oxygen atoms in total. The number of thiazole rings is 1. The van der Waals surface area contributed by atoms with Crippen molar-refractivity contribution < 1.29 is 22.3 Å². The van der Waals surface area contributed by atoms with Crippen LogP contribution in [0, 0.1) is 6.92 Å². The van der Waals surface area contributed by atoms with Crippen LogP contribution in [-0.2, 0) is 20.4 Å². The van der Waals surface area contributed by atoms with Gasteiger partial charge in [0.1, 0.15) is 11.6 Å². The monoisotopic (exact) mass is 486 g/mol. The number of ether oxygens (including phenoxy) is 2. The third-order valence-electron chi connectivity index (χ3n) is 5.38. The summed E-state index contributed by atoms with van der Waals surface area (Å²) in [5.74, 6) is 0.915. The summed E-state index contributed by atoms with van der Waals surface area (Å²) in [5, 5.41) is 2.60. The number of anilines is 1. The van der Waals surface area contributed by atoms with Crippen molar-refractivity contribution in [2.24, 2.45) is 0 Å². The van der Waals surface area contributed by atoms with E-state index in [1.165, 1.54) is 36.8 Å². The second kappa shape index (κ2) is 8.01. The van der Waals surface area contributed by atoms with Gasteiger partial charge in [0, 0.05) is 22.5 Å². The zero-order valence-corrected chi connectivity index (χ0v) is 19.3. The molecule has 2 aromatic heterocycles. The topological polar surface area (TPSA) is 103 Å². The minimum atomic E-state index is -3.84. The molecule has 0 unspecified atom stereocenters. The molecule has 0 spiro atoms. The molecule has 0 aliphatic carbocycles. The lowest BCUT2D eigenvalue weighted by atomic mass is 9.92. The fraction of sp³-hybridized carbons (Fsp3) is 0.227. The van der Waals surface area contributed by atoms with E-state index in [9.17, 15) is 12.8 Å². The SMILES string of the molecule is COc1cc(C2(F)COC2)ccc1-c1nc(C)nc2cc(S(=O)(=O)Nc3nccs3)ccc12. The van der Waals surface area contributed by atoms with E-state index in [0.29, 0.717) is 39.3 Å². The van der Waals surface area contributed by atoms with E-state index in [4.69, 9.17) is 9.47 Å². The fourth-order valence-corrected chi connectivity index (χ4v) is 5.47. The highest BCUT2D eigenvalue weighted by Gasteiger charge is 2.41. The molecule has 0 amide bonds. The number of aryl methyl sites for hydroxylation is 1. The normalized spacial score (nSPS) is 15.2. The predicted octanol–water partition coefficient (Wildman–Crippen LogP) is 4.07. The van der Waals surface area contributed by atoms with Gasteiger partial charge in [-0.25, -0.2) is 27.8 Å². The van der Waals surface area contributed by atoms with Crippen LogP contribution in [0.5, 0.6) is 5.75 Å². The van der Waals surface area contributed by atoms with Crippen LogP contribution < -0.4 is 9.46 Å². The summed E-state index contributed by atoms with van der Waals surface area (Å²) in [6.45, 7) is 1.75. The summed E-state index contributed by atoms with van der Waals surface area (Å²) in [7, 11) is -2.33. The van der Waals surface area contributed by atoms with Gasteiger partial charge < -0.3 is 9.47 Å². The summed E-state index contributed by atoms with van der Waals surface area (Å²) in [4.78, 5) is 13.0. The Bertz CT molecular complexity index is 1460. The van der Waals surface area contributed by atoms with Gasteiger partial charge in [-0.3, -0.25) is 4.72 Å². The zero-order chi connectivity index (χ0) is 23.2. The Morgan fingerprint density at radius 3 is 2.67 bits per heavy atom. The smallest absolute Gasteiger partial charge is 0.263 e. The van der Waals surface area contributed by atoms with Crippen molar-refractivity contribution in [3.8, 4) is 17.0 Å². The number of halogens is 1. The number of benzene rings is 2. The van der Waals surface area contributed by atoms with Gasteiger partial charge in [0.05, 0.1) is 36.4 Å². The molecule has 1 fully saturated rings. The molecule has 170 valence electrons. The van der Waals surface area contributed by atoms with Crippen LogP contribution in [-0.4, -0.2) is 43.7 Å². The van der Waals surface area contributed by atoms with Gasteiger partial charge in [-0.1, -0.05) is 6.07 Å². The van der Waals surface area contributed by atoms with Crippen molar-refractivity contribution in [1.82, 2.24) is 15.0 Å². The zero-order valence-electron chi connectivity index (χ0n) is 17.7. The van der Waals surface area contributed by atoms with Crippen LogP contribution in [0.25, 0.3) is 22.2 Å². The molecule has 1 aliphatic heterocycles. The Morgan fingerprint density at radius 2 is 2.00 bits per heavy atom. The first-order valence-electron chi connectivity index (χ1n) is 9.95. The summed E-state index contributed by atoms with van der Waals surface area (Å²) < 4.78 is 53.5. The molecule has 33 heavy (non-hydrogen) atoms. The Morgan fingerprint density at radius 1 is 1.18 bits per heavy atom. The van der Waals surface area contributed by atoms with Crippen molar-refractivity contribution in [3.63, 3.8) is 0 Å². The minimum absolute atomic E-state index is 0.0112. The summed E-state index contributed by atoms with van der Waals surface area (Å²) in [5.41, 5.74) is 0.627. The van der Waals surface area contributed by atoms with Crippen LogP contribution in [0.2, 0.25) is 0 Å². The summed E-state index contributed by atoms with van der Waals surface area (Å²) in [6, 6.07) is 9.74. The number of alkyl halides is 1. The Balaban J connectivity index is 1.60. The minimum Gasteiger partial charge on any atom is -0.496 e. The van der Waals surface area contributed by atoms with Crippen molar-refractivity contribution in [3.05, 3.63) is 59.4 Å². The highest BCUT2D eigenvalue weighted by Crippen LogP contribution is 2.40. The first-order valence-corrected chi connectivity index (χ1v) is 12.3. The van der Waals surface area contributed by atoms with Gasteiger partial charge >= 0.3 is 0 Å². The maximum Gasteiger partial charge on any atom is 0.263 e. The highest BCUT2D eigenvalue weighted by atomic mass is 32.2. The maximum atomic E-state index is 14.8. The predicted molar refractivity (Wildman–Crippen MR) is 123 cm³/mol. The number of nitrogens with one attached hydrogen (secondary N) is 1. The van der Waals surface area contributed by atoms with Crippen LogP contribution >= 0.6 is 11.3 Å². The van der Waals surface area contributed by atoms with Crippen LogP contribution in [0.1, 0.15) is 11.4 Å². The number of hydrogen-bond donors (Lipinski definition) is 1. The molecule has 5 rings (SSSR count). The Hall–Kier alpha value is -3.15. The Labute approximate surface area is 193 Å². The highest BCUT2D eigenvalue weighted by molar-refractivity contribution is 7.93. The first kappa shape index (κ1) is 21.7. The lowest BCUT2D eigenvalue weighted by Crippen LogP contribution is -2.42. The number of methoxy groups -OCH3 is 1. The molecule has 4 aromatic rings. The largest absolute Gasteiger partial charge is 0.496 e. The molecular formula is C22H19FN4O4S2. The molecule has 0 atom stereocenters. The lowest BCUT2D eigenvalue weighted by Gasteiger charge is -2.34. The van der Waals surface area contributed by atoms with Crippen LogP contribution in [0.3, 0.4) is 0 Å². The second-order valence-electron chi connectivity index (χ2n) is 7.61. The number of nitrogens with zero attached hydrogens (tertiary/aromatic N) is 3. The fourth-order valence-electron chi connectivity index (χ4n) is 3.66. The summed E-state index contributed by atoms with van der Waals surface area (Å²) >= 11 is 1.19. The number of hydrogen-bond acceptors (Lipinski definition) is 8. The van der Waals surface area contributed by atoms with E-state index in [2.05, 4.69) is 19.7 Å². The van der Waals surface area contributed by atoms with E-state index in [-0.39, 0.29) is 23.2 Å². The van der Waals surface area contributed by atoms with E-state index >= 15 is 0 Å². The number of aromatic nitrogens is 3. The van der Waals surface area contributed by atoms with Crippen molar-refractivity contribution in [1.29, 1.82) is 0 Å². The van der Waals surface area contributed by atoms with Crippen LogP contribution in [0.4, 0.5) is 9.52 Å². The molecule has 1 saturated heterocycles. The second-order valence-corrected chi connectivity index (χ2v) is 10.2. The van der Waals surface area contributed by atoms with Crippen LogP contribution in [0.15, 0.2) is 52.9 Å². The molecule has 1 aliphatic rings. The molecule has 2 aromatic carbocycles. The molecule has 11 heteroatoms. The standard InChI is InChI=1S/C22H19FN4O4S2/c1-13-25-18-10-15(33(28,29)27-21-24-7-8-32-21)4-6-16(18)20(26-13)17-5-3-14(9-19(17)30-2)22(23)11-31-12-22/h3-10H,11-12H2,1-2H3,(H,24,27). The Kier molecular flexibility index (Phi) is 5.26. The average Bonchev–Trinajstić information content (AvgIpc) is 3.28. The molecule has 0 saturated carbocycles. The van der Waals surface area contributed by atoms with Crippen molar-refractivity contribution in [2.75, 3.05) is 25.0 Å². The van der Waals surface area contributed by atoms with Gasteiger partial charge in [-0.05, 0) is 42.8 Å². The van der Waals surface area contributed by atoms with Gasteiger partial charge in [0.15, 0.2) is 10.8 Å². The van der Waals surface area contributed by atoms with Gasteiger partial charge in [0.2, 0.25) is 0 Å². The van der Waals surface area contributed by atoms with E-state index < -0.39 is 15.7 Å². The van der Waals surface area contributed by atoms with E-state index in [0.717, 1.165) is 0 Å². The third-order valence-corrected chi connectivity index (χ3v) is 7.53. The van der Waals surface area contributed by atoms with Gasteiger partial charge in [-0.2, -0.15) is 0 Å². The third kappa shape index (κ3) is 3.92. The van der Waals surface area contributed by atoms with E-state index in [1.807, 2.05) is 0 Å². The van der Waals surface area contributed by atoms with Crippen molar-refractivity contribution in [2.45, 2.75) is 17.5 Å². The van der Waals surface area contributed by atoms with Crippen molar-refractivity contribution >= 4 is 37.4 Å². The molecular weight excluding hydrogens is 467 g/mol. The number of rotatable bonds is 6. The lowest BCUT2D eigenvalue weighted by molar-refractivity contribution is -0.135. The molecule has 0 bridgehead atoms. The number of fused-ring (bicyclic) bond motifs is 1. The first-order chi connectivity index (χ1) is 15.8. The number of sulfonamides is 1. The average molecular weight is 487 g/mol. The summed E-state index contributed by atoms with van der Waals surface area (Å²) in [6.07, 6.45) is 1.52. The van der Waals surface area contributed by atoms with E-state index in [1.54, 1.807) is 36.6 Å². The maximum absolute atomic E-state index is 14.8.